The van der Waals surface area contributed by atoms with E-state index >= 15 is 0 Å². The van der Waals surface area contributed by atoms with Crippen LogP contribution in [0.1, 0.15) is 33.1 Å². The predicted octanol–water partition coefficient (Wildman–Crippen LogP) is 2.72. The molecule has 0 saturated heterocycles. The van der Waals surface area contributed by atoms with E-state index in [1.54, 1.807) is 6.92 Å². The Labute approximate surface area is 71.3 Å². The van der Waals surface area contributed by atoms with Crippen molar-refractivity contribution in [2.45, 2.75) is 45.3 Å². The molecule has 0 aromatic heterocycles. The third-order valence-corrected chi connectivity index (χ3v) is 1.61. The van der Waals surface area contributed by atoms with Gasteiger partial charge in [0.1, 0.15) is 6.04 Å². The van der Waals surface area contributed by atoms with Gasteiger partial charge >= 0.3 is 6.18 Å². The first-order valence-corrected chi connectivity index (χ1v) is 4.32. The Hall–Kier alpha value is -0.250. The first-order chi connectivity index (χ1) is 5.52. The predicted molar refractivity (Wildman–Crippen MR) is 43.0 cm³/mol. The second kappa shape index (κ2) is 5.41. The summed E-state index contributed by atoms with van der Waals surface area (Å²) >= 11 is 0. The van der Waals surface area contributed by atoms with Gasteiger partial charge in [0.15, 0.2) is 0 Å². The fourth-order valence-electron chi connectivity index (χ4n) is 0.989. The van der Waals surface area contributed by atoms with Crippen molar-refractivity contribution in [3.8, 4) is 0 Å². The molecular formula is C8H16F3N. The highest BCUT2D eigenvalue weighted by atomic mass is 19.4. The summed E-state index contributed by atoms with van der Waals surface area (Å²) < 4.78 is 36.5. The van der Waals surface area contributed by atoms with Gasteiger partial charge in [-0.1, -0.05) is 20.3 Å². The third-order valence-electron chi connectivity index (χ3n) is 1.61. The number of hydrogen-bond acceptors (Lipinski definition) is 1. The number of hydrogen-bond donors (Lipinski definition) is 1. The Kier molecular flexibility index (Phi) is 5.29. The minimum atomic E-state index is -4.09. The van der Waals surface area contributed by atoms with E-state index in [1.807, 2.05) is 6.92 Å². The van der Waals surface area contributed by atoms with E-state index in [1.165, 1.54) is 0 Å². The smallest absolute Gasteiger partial charge is 0.306 e. The standard InChI is InChI=1S/C8H16F3N/c1-3-5-7(8(9,10)11)12-6-4-2/h7,12H,3-6H2,1-2H3. The molecule has 0 spiro atoms. The molecule has 0 aliphatic carbocycles. The highest BCUT2D eigenvalue weighted by Crippen LogP contribution is 2.23. The third kappa shape index (κ3) is 4.59. The Morgan fingerprint density at radius 2 is 1.75 bits per heavy atom. The molecule has 0 fully saturated rings. The van der Waals surface area contributed by atoms with Crippen molar-refractivity contribution in [3.63, 3.8) is 0 Å². The van der Waals surface area contributed by atoms with Crippen LogP contribution in [0.3, 0.4) is 0 Å². The quantitative estimate of drug-likeness (QED) is 0.691. The SMILES string of the molecule is CCCNC(CCC)C(F)(F)F. The lowest BCUT2D eigenvalue weighted by atomic mass is 10.1. The highest BCUT2D eigenvalue weighted by molar-refractivity contribution is 4.73. The van der Waals surface area contributed by atoms with E-state index in [0.717, 1.165) is 6.42 Å². The van der Waals surface area contributed by atoms with Crippen LogP contribution in [0, 0.1) is 0 Å². The van der Waals surface area contributed by atoms with E-state index in [9.17, 15) is 13.2 Å². The van der Waals surface area contributed by atoms with Crippen LogP contribution < -0.4 is 5.32 Å². The summed E-state index contributed by atoms with van der Waals surface area (Å²) in [7, 11) is 0. The molecule has 0 saturated carbocycles. The van der Waals surface area contributed by atoms with Crippen molar-refractivity contribution in [2.75, 3.05) is 6.54 Å². The maximum Gasteiger partial charge on any atom is 0.403 e. The van der Waals surface area contributed by atoms with Crippen LogP contribution in [-0.4, -0.2) is 18.8 Å². The van der Waals surface area contributed by atoms with E-state index in [4.69, 9.17) is 0 Å². The van der Waals surface area contributed by atoms with Crippen molar-refractivity contribution in [3.05, 3.63) is 0 Å². The van der Waals surface area contributed by atoms with Crippen molar-refractivity contribution in [1.29, 1.82) is 0 Å². The van der Waals surface area contributed by atoms with Gasteiger partial charge in [-0.2, -0.15) is 13.2 Å². The van der Waals surface area contributed by atoms with Crippen molar-refractivity contribution in [2.24, 2.45) is 0 Å². The van der Waals surface area contributed by atoms with Crippen LogP contribution in [0.5, 0.6) is 0 Å². The summed E-state index contributed by atoms with van der Waals surface area (Å²) in [4.78, 5) is 0. The van der Waals surface area contributed by atoms with Crippen LogP contribution in [-0.2, 0) is 0 Å². The minimum absolute atomic E-state index is 0.170. The molecule has 0 aromatic carbocycles. The molecule has 0 radical (unpaired) electrons. The molecule has 0 aromatic rings. The molecule has 74 valence electrons. The fourth-order valence-corrected chi connectivity index (χ4v) is 0.989. The van der Waals surface area contributed by atoms with Gasteiger partial charge in [-0.3, -0.25) is 0 Å². The Bertz CT molecular complexity index is 111. The lowest BCUT2D eigenvalue weighted by molar-refractivity contribution is -0.157. The van der Waals surface area contributed by atoms with E-state index in [2.05, 4.69) is 5.32 Å². The zero-order valence-corrected chi connectivity index (χ0v) is 7.54. The molecule has 12 heavy (non-hydrogen) atoms. The summed E-state index contributed by atoms with van der Waals surface area (Å²) in [5, 5.41) is 2.49. The van der Waals surface area contributed by atoms with Crippen molar-refractivity contribution >= 4 is 0 Å². The van der Waals surface area contributed by atoms with Crippen LogP contribution in [0.15, 0.2) is 0 Å². The lowest BCUT2D eigenvalue weighted by Crippen LogP contribution is -2.42. The minimum Gasteiger partial charge on any atom is -0.306 e. The number of rotatable bonds is 5. The molecule has 1 N–H and O–H groups in total. The topological polar surface area (TPSA) is 12.0 Å². The van der Waals surface area contributed by atoms with Gasteiger partial charge in [0.25, 0.3) is 0 Å². The molecule has 1 atom stereocenters. The maximum absolute atomic E-state index is 12.2. The molecule has 1 nitrogen and oxygen atoms in total. The first kappa shape index (κ1) is 11.8. The average Bonchev–Trinajstić information content (AvgIpc) is 1.95. The van der Waals surface area contributed by atoms with Gasteiger partial charge in [-0.15, -0.1) is 0 Å². The van der Waals surface area contributed by atoms with Gasteiger partial charge in [-0.25, -0.2) is 0 Å². The summed E-state index contributed by atoms with van der Waals surface area (Å²) in [5.74, 6) is 0. The number of halogens is 3. The molecule has 0 amide bonds. The Balaban J connectivity index is 3.86. The average molecular weight is 183 g/mol. The van der Waals surface area contributed by atoms with Crippen molar-refractivity contribution < 1.29 is 13.2 Å². The van der Waals surface area contributed by atoms with Gasteiger partial charge in [0, 0.05) is 0 Å². The van der Waals surface area contributed by atoms with Gasteiger partial charge in [0.05, 0.1) is 0 Å². The monoisotopic (exact) mass is 183 g/mol. The van der Waals surface area contributed by atoms with Gasteiger partial charge < -0.3 is 5.32 Å². The molecule has 0 aliphatic rings. The highest BCUT2D eigenvalue weighted by Gasteiger charge is 2.37. The van der Waals surface area contributed by atoms with Crippen LogP contribution in [0.25, 0.3) is 0 Å². The molecule has 0 heterocycles. The van der Waals surface area contributed by atoms with Gasteiger partial charge in [0.2, 0.25) is 0 Å². The van der Waals surface area contributed by atoms with Crippen LogP contribution in [0.2, 0.25) is 0 Å². The summed E-state index contributed by atoms with van der Waals surface area (Å²) in [6, 6.07) is -1.32. The van der Waals surface area contributed by atoms with Gasteiger partial charge in [-0.05, 0) is 19.4 Å². The molecule has 1 unspecified atom stereocenters. The number of alkyl halides is 3. The molecule has 0 bridgehead atoms. The largest absolute Gasteiger partial charge is 0.403 e. The fraction of sp³-hybridized carbons (Fsp3) is 1.00. The van der Waals surface area contributed by atoms with E-state index < -0.39 is 12.2 Å². The van der Waals surface area contributed by atoms with Crippen molar-refractivity contribution in [1.82, 2.24) is 5.32 Å². The summed E-state index contributed by atoms with van der Waals surface area (Å²) in [6.07, 6.45) is -2.63. The Morgan fingerprint density at radius 3 is 2.08 bits per heavy atom. The molecule has 0 aliphatic heterocycles. The van der Waals surface area contributed by atoms with E-state index in [-0.39, 0.29) is 6.42 Å². The zero-order valence-electron chi connectivity index (χ0n) is 7.54. The summed E-state index contributed by atoms with van der Waals surface area (Å²) in [5.41, 5.74) is 0. The van der Waals surface area contributed by atoms with Crippen LogP contribution >= 0.6 is 0 Å². The first-order valence-electron chi connectivity index (χ1n) is 4.32. The maximum atomic E-state index is 12.2. The van der Waals surface area contributed by atoms with Crippen LogP contribution in [0.4, 0.5) is 13.2 Å². The lowest BCUT2D eigenvalue weighted by Gasteiger charge is -2.20. The summed E-state index contributed by atoms with van der Waals surface area (Å²) in [6.45, 7) is 4.04. The van der Waals surface area contributed by atoms with E-state index in [0.29, 0.717) is 13.0 Å². The molecular weight excluding hydrogens is 167 g/mol. The molecule has 0 rings (SSSR count). The Morgan fingerprint density at radius 1 is 1.17 bits per heavy atom. The second-order valence-electron chi connectivity index (χ2n) is 2.84. The molecule has 4 heteroatoms. The zero-order chi connectivity index (χ0) is 9.61. The number of nitrogens with one attached hydrogen (secondary N) is 1. The normalized spacial score (nSPS) is 14.8. The second-order valence-corrected chi connectivity index (χ2v) is 2.84.